The Labute approximate surface area is 145 Å². The number of amides is 2. The molecule has 0 aliphatic carbocycles. The van der Waals surface area contributed by atoms with Gasteiger partial charge < -0.3 is 15.0 Å². The second kappa shape index (κ2) is 6.23. The average molecular weight is 340 g/mol. The molecule has 0 saturated carbocycles. The van der Waals surface area contributed by atoms with Crippen molar-refractivity contribution in [1.82, 2.24) is 14.7 Å². The molecule has 3 heterocycles. The summed E-state index contributed by atoms with van der Waals surface area (Å²) >= 11 is 0. The molecule has 130 valence electrons. The third kappa shape index (κ3) is 2.86. The van der Waals surface area contributed by atoms with Gasteiger partial charge >= 0.3 is 0 Å². The van der Waals surface area contributed by atoms with Gasteiger partial charge in [-0.15, -0.1) is 0 Å². The second-order valence-electron chi connectivity index (χ2n) is 6.45. The van der Waals surface area contributed by atoms with E-state index in [9.17, 15) is 9.59 Å². The number of fused-ring (bicyclic) bond motifs is 1. The van der Waals surface area contributed by atoms with Gasteiger partial charge in [0.2, 0.25) is 0 Å². The maximum Gasteiger partial charge on any atom is 0.265 e. The molecule has 0 radical (unpaired) electrons. The van der Waals surface area contributed by atoms with Gasteiger partial charge in [0.05, 0.1) is 23.8 Å². The number of aromatic nitrogens is 2. The third-order valence-corrected chi connectivity index (χ3v) is 4.76. The number of carbonyl (C=O) groups is 2. The van der Waals surface area contributed by atoms with E-state index in [-0.39, 0.29) is 17.9 Å². The van der Waals surface area contributed by atoms with Gasteiger partial charge in [-0.05, 0) is 38.0 Å². The zero-order chi connectivity index (χ0) is 17.4. The highest BCUT2D eigenvalue weighted by Gasteiger charge is 2.34. The van der Waals surface area contributed by atoms with Crippen molar-refractivity contribution in [3.05, 3.63) is 42.2 Å². The van der Waals surface area contributed by atoms with Crippen LogP contribution in [0.3, 0.4) is 0 Å². The van der Waals surface area contributed by atoms with Crippen LogP contribution in [-0.2, 0) is 11.3 Å². The van der Waals surface area contributed by atoms with Crippen molar-refractivity contribution in [1.29, 1.82) is 0 Å². The first kappa shape index (κ1) is 15.7. The summed E-state index contributed by atoms with van der Waals surface area (Å²) in [6, 6.07) is 7.27. The molecule has 2 amide bonds. The summed E-state index contributed by atoms with van der Waals surface area (Å²) in [5.74, 6) is 0.203. The highest BCUT2D eigenvalue weighted by Crippen LogP contribution is 2.35. The number of likely N-dealkylation sites (tertiary alicyclic amines) is 1. The molecule has 1 fully saturated rings. The SMILES string of the molecule is C[C@@H]1Oc2c(cccc2C(=O)N2CCC[C@@H]2Cn2cccn2)NC1=O. The van der Waals surface area contributed by atoms with Gasteiger partial charge in [0.1, 0.15) is 0 Å². The molecule has 0 bridgehead atoms. The fourth-order valence-corrected chi connectivity index (χ4v) is 3.47. The lowest BCUT2D eigenvalue weighted by Gasteiger charge is -2.29. The Morgan fingerprint density at radius 1 is 1.40 bits per heavy atom. The number of para-hydroxylation sites is 1. The summed E-state index contributed by atoms with van der Waals surface area (Å²) in [7, 11) is 0. The molecule has 1 saturated heterocycles. The second-order valence-corrected chi connectivity index (χ2v) is 6.45. The lowest BCUT2D eigenvalue weighted by Crippen LogP contribution is -2.40. The van der Waals surface area contributed by atoms with Crippen molar-refractivity contribution in [2.45, 2.75) is 38.5 Å². The van der Waals surface area contributed by atoms with Gasteiger partial charge in [0.25, 0.3) is 11.8 Å². The molecule has 1 N–H and O–H groups in total. The topological polar surface area (TPSA) is 76.5 Å². The highest BCUT2D eigenvalue weighted by atomic mass is 16.5. The van der Waals surface area contributed by atoms with E-state index in [1.165, 1.54) is 0 Å². The van der Waals surface area contributed by atoms with Crippen molar-refractivity contribution >= 4 is 17.5 Å². The van der Waals surface area contributed by atoms with Gasteiger partial charge in [0, 0.05) is 18.9 Å². The molecule has 2 aromatic rings. The summed E-state index contributed by atoms with van der Waals surface area (Å²) < 4.78 is 7.58. The summed E-state index contributed by atoms with van der Waals surface area (Å²) in [5.41, 5.74) is 1.05. The van der Waals surface area contributed by atoms with Crippen molar-refractivity contribution in [3.63, 3.8) is 0 Å². The monoisotopic (exact) mass is 340 g/mol. The number of rotatable bonds is 3. The molecule has 25 heavy (non-hydrogen) atoms. The number of hydrogen-bond acceptors (Lipinski definition) is 4. The number of nitrogens with zero attached hydrogens (tertiary/aromatic N) is 3. The Kier molecular flexibility index (Phi) is 3.91. The van der Waals surface area contributed by atoms with E-state index >= 15 is 0 Å². The minimum absolute atomic E-state index is 0.0603. The third-order valence-electron chi connectivity index (χ3n) is 4.76. The maximum atomic E-state index is 13.1. The minimum Gasteiger partial charge on any atom is -0.478 e. The zero-order valence-corrected chi connectivity index (χ0v) is 14.0. The van der Waals surface area contributed by atoms with Gasteiger partial charge in [-0.2, -0.15) is 5.10 Å². The number of carbonyl (C=O) groups excluding carboxylic acids is 2. The molecule has 2 atom stereocenters. The molecular weight excluding hydrogens is 320 g/mol. The highest BCUT2D eigenvalue weighted by molar-refractivity contribution is 6.04. The average Bonchev–Trinajstić information content (AvgIpc) is 3.27. The Balaban J connectivity index is 1.60. The lowest BCUT2D eigenvalue weighted by molar-refractivity contribution is -0.122. The Morgan fingerprint density at radius 2 is 2.28 bits per heavy atom. The normalized spacial score (nSPS) is 22.3. The van der Waals surface area contributed by atoms with Gasteiger partial charge in [-0.3, -0.25) is 14.3 Å². The Hall–Kier alpha value is -2.83. The molecule has 0 unspecified atom stereocenters. The van der Waals surface area contributed by atoms with E-state index in [2.05, 4.69) is 10.4 Å². The molecule has 1 aromatic heterocycles. The number of nitrogens with one attached hydrogen (secondary N) is 1. The van der Waals surface area contributed by atoms with Gasteiger partial charge in [-0.25, -0.2) is 0 Å². The van der Waals surface area contributed by atoms with Crippen LogP contribution in [-0.4, -0.2) is 45.2 Å². The van der Waals surface area contributed by atoms with Crippen molar-refractivity contribution < 1.29 is 14.3 Å². The first-order chi connectivity index (χ1) is 12.1. The van der Waals surface area contributed by atoms with Crippen LogP contribution < -0.4 is 10.1 Å². The summed E-state index contributed by atoms with van der Waals surface area (Å²) in [6.45, 7) is 3.08. The van der Waals surface area contributed by atoms with Crippen LogP contribution in [0.25, 0.3) is 0 Å². The minimum atomic E-state index is -0.611. The molecular formula is C18H20N4O3. The predicted molar refractivity (Wildman–Crippen MR) is 91.4 cm³/mol. The van der Waals surface area contributed by atoms with Gasteiger partial charge in [0.15, 0.2) is 11.9 Å². The maximum absolute atomic E-state index is 13.1. The molecule has 7 nitrogen and oxygen atoms in total. The molecule has 2 aliphatic rings. The number of ether oxygens (including phenoxy) is 1. The predicted octanol–water partition coefficient (Wildman–Crippen LogP) is 1.91. The molecule has 4 rings (SSSR count). The molecule has 1 aromatic carbocycles. The number of anilines is 1. The lowest BCUT2D eigenvalue weighted by atomic mass is 10.1. The van der Waals surface area contributed by atoms with Crippen molar-refractivity contribution in [3.8, 4) is 5.75 Å². The quantitative estimate of drug-likeness (QED) is 0.926. The fourth-order valence-electron chi connectivity index (χ4n) is 3.47. The van der Waals surface area contributed by atoms with E-state index in [4.69, 9.17) is 4.74 Å². The van der Waals surface area contributed by atoms with E-state index in [1.54, 1.807) is 31.3 Å². The first-order valence-electron chi connectivity index (χ1n) is 8.52. The summed E-state index contributed by atoms with van der Waals surface area (Å²) in [4.78, 5) is 26.8. The van der Waals surface area contributed by atoms with E-state index in [0.29, 0.717) is 23.5 Å². The van der Waals surface area contributed by atoms with Crippen LogP contribution in [0, 0.1) is 0 Å². The number of benzene rings is 1. The van der Waals surface area contributed by atoms with Crippen molar-refractivity contribution in [2.24, 2.45) is 0 Å². The zero-order valence-electron chi connectivity index (χ0n) is 14.0. The summed E-state index contributed by atoms with van der Waals surface area (Å²) in [5, 5.41) is 7.04. The van der Waals surface area contributed by atoms with Crippen LogP contribution in [0.1, 0.15) is 30.1 Å². The molecule has 0 spiro atoms. The van der Waals surface area contributed by atoms with Crippen LogP contribution in [0.15, 0.2) is 36.7 Å². The smallest absolute Gasteiger partial charge is 0.265 e. The standard InChI is InChI=1S/C18H20N4O3/c1-12-17(23)20-15-7-2-6-14(16(15)25-12)18(24)22-10-3-5-13(22)11-21-9-4-8-19-21/h2,4,6-9,12-13H,3,5,10-11H2,1H3,(H,20,23)/t12-,13+/m0/s1. The van der Waals surface area contributed by atoms with E-state index in [0.717, 1.165) is 19.4 Å². The Morgan fingerprint density at radius 3 is 3.08 bits per heavy atom. The van der Waals surface area contributed by atoms with E-state index < -0.39 is 6.10 Å². The van der Waals surface area contributed by atoms with Gasteiger partial charge in [-0.1, -0.05) is 6.07 Å². The van der Waals surface area contributed by atoms with Crippen LogP contribution in [0.2, 0.25) is 0 Å². The van der Waals surface area contributed by atoms with Crippen molar-refractivity contribution in [2.75, 3.05) is 11.9 Å². The van der Waals surface area contributed by atoms with Crippen LogP contribution in [0.5, 0.6) is 5.75 Å². The van der Waals surface area contributed by atoms with E-state index in [1.807, 2.05) is 21.8 Å². The fraction of sp³-hybridized carbons (Fsp3) is 0.389. The summed E-state index contributed by atoms with van der Waals surface area (Å²) in [6.07, 6.45) is 4.97. The Bertz CT molecular complexity index is 803. The van der Waals surface area contributed by atoms with Crippen LogP contribution in [0.4, 0.5) is 5.69 Å². The molecule has 2 aliphatic heterocycles. The largest absolute Gasteiger partial charge is 0.478 e. The first-order valence-corrected chi connectivity index (χ1v) is 8.52. The molecule has 7 heteroatoms. The number of hydrogen-bond donors (Lipinski definition) is 1. The van der Waals surface area contributed by atoms with Crippen LogP contribution >= 0.6 is 0 Å².